The average Bonchev–Trinajstić information content (AvgIpc) is 3.18. The minimum absolute atomic E-state index is 0.146. The van der Waals surface area contributed by atoms with Crippen LogP contribution in [0.1, 0.15) is 53.0 Å². The van der Waals surface area contributed by atoms with Crippen LogP contribution in [0.25, 0.3) is 16.9 Å². The molecule has 0 spiro atoms. The van der Waals surface area contributed by atoms with Crippen molar-refractivity contribution in [1.82, 2.24) is 9.38 Å². The minimum atomic E-state index is -0.302. The van der Waals surface area contributed by atoms with Gasteiger partial charge in [-0.1, -0.05) is 51.1 Å². The number of ether oxygens (including phenoxy) is 2. The van der Waals surface area contributed by atoms with Crippen molar-refractivity contribution < 1.29 is 14.3 Å². The topological polar surface area (TPSA) is 64.9 Å². The Morgan fingerprint density at radius 2 is 1.74 bits per heavy atom. The van der Waals surface area contributed by atoms with Crippen LogP contribution < -0.4 is 14.8 Å². The fourth-order valence-corrected chi connectivity index (χ4v) is 5.33. The molecule has 0 unspecified atom stereocenters. The maximum atomic E-state index is 12.6. The van der Waals surface area contributed by atoms with Gasteiger partial charge in [0.15, 0.2) is 11.5 Å². The monoisotopic (exact) mass is 577 g/mol. The zero-order valence-electron chi connectivity index (χ0n) is 23.0. The van der Waals surface area contributed by atoms with Gasteiger partial charge in [-0.25, -0.2) is 4.98 Å². The number of aryl methyl sites for hydroxylation is 1. The molecule has 6 nitrogen and oxygen atoms in total. The molecule has 0 fully saturated rings. The lowest BCUT2D eigenvalue weighted by Gasteiger charge is -2.34. The molecular weight excluding hydrogens is 542 g/mol. The number of esters is 1. The number of nitrogens with zero attached hydrogens (tertiary/aromatic N) is 2. The van der Waals surface area contributed by atoms with Gasteiger partial charge in [0.1, 0.15) is 17.2 Å². The number of benzene rings is 2. The van der Waals surface area contributed by atoms with Crippen LogP contribution in [0.5, 0.6) is 11.5 Å². The minimum Gasteiger partial charge on any atom is -0.493 e. The summed E-state index contributed by atoms with van der Waals surface area (Å²) in [6.45, 7) is 11.1. The van der Waals surface area contributed by atoms with Crippen molar-refractivity contribution >= 4 is 33.4 Å². The van der Waals surface area contributed by atoms with Crippen LogP contribution in [-0.4, -0.2) is 28.0 Å². The number of anilines is 1. The number of pyridine rings is 1. The van der Waals surface area contributed by atoms with Gasteiger partial charge >= 0.3 is 5.97 Å². The lowest BCUT2D eigenvalue weighted by molar-refractivity contribution is -0.134. The predicted octanol–water partition coefficient (Wildman–Crippen LogP) is 7.94. The Balaban J connectivity index is 1.64. The van der Waals surface area contributed by atoms with Gasteiger partial charge in [-0.15, -0.1) is 0 Å². The third kappa shape index (κ3) is 6.95. The maximum absolute atomic E-state index is 12.6. The molecule has 7 heteroatoms. The van der Waals surface area contributed by atoms with Crippen LogP contribution in [-0.2, 0) is 11.2 Å². The second-order valence-corrected chi connectivity index (χ2v) is 12.4. The molecule has 0 atom stereocenters. The van der Waals surface area contributed by atoms with Crippen molar-refractivity contribution in [1.29, 1.82) is 0 Å². The molecule has 1 N–H and O–H groups in total. The second kappa shape index (κ2) is 11.2. The first-order valence-corrected chi connectivity index (χ1v) is 13.6. The van der Waals surface area contributed by atoms with Crippen LogP contribution in [0.15, 0.2) is 71.3 Å². The summed E-state index contributed by atoms with van der Waals surface area (Å²) in [5.74, 6) is 1.46. The molecule has 0 aliphatic rings. The SMILES string of the molecule is COc1cc(-c2nc3ccc(Br)cn3c2NC(C)(C)CC(C)(C)C)ccc1OC(=O)CCc1ccccc1. The second-order valence-electron chi connectivity index (χ2n) is 11.5. The van der Waals surface area contributed by atoms with Gasteiger partial charge < -0.3 is 14.8 Å². The van der Waals surface area contributed by atoms with Crippen LogP contribution in [0, 0.1) is 5.41 Å². The van der Waals surface area contributed by atoms with E-state index >= 15 is 0 Å². The molecule has 0 aliphatic heterocycles. The molecule has 4 aromatic rings. The largest absolute Gasteiger partial charge is 0.493 e. The van der Waals surface area contributed by atoms with Gasteiger partial charge in [0.05, 0.1) is 7.11 Å². The average molecular weight is 579 g/mol. The highest BCUT2D eigenvalue weighted by Crippen LogP contribution is 2.38. The molecule has 2 aromatic carbocycles. The van der Waals surface area contributed by atoms with Gasteiger partial charge in [-0.2, -0.15) is 0 Å². The Morgan fingerprint density at radius 1 is 1.00 bits per heavy atom. The van der Waals surface area contributed by atoms with Crippen molar-refractivity contribution in [2.24, 2.45) is 5.41 Å². The molecule has 2 aromatic heterocycles. The number of hydrogen-bond donors (Lipinski definition) is 1. The van der Waals surface area contributed by atoms with Gasteiger partial charge in [-0.3, -0.25) is 9.20 Å². The van der Waals surface area contributed by atoms with Crippen molar-refractivity contribution in [3.63, 3.8) is 0 Å². The van der Waals surface area contributed by atoms with E-state index in [1.54, 1.807) is 13.2 Å². The molecule has 0 amide bonds. The Labute approximate surface area is 233 Å². The number of nitrogens with one attached hydrogen (secondary N) is 1. The van der Waals surface area contributed by atoms with E-state index in [-0.39, 0.29) is 23.3 Å². The highest BCUT2D eigenvalue weighted by atomic mass is 79.9. The Kier molecular flexibility index (Phi) is 8.16. The van der Waals surface area contributed by atoms with E-state index in [1.165, 1.54) is 0 Å². The van der Waals surface area contributed by atoms with Crippen LogP contribution in [0.2, 0.25) is 0 Å². The van der Waals surface area contributed by atoms with E-state index in [2.05, 4.69) is 60.3 Å². The Bertz CT molecular complexity index is 1420. The summed E-state index contributed by atoms with van der Waals surface area (Å²) in [6, 6.07) is 19.4. The van der Waals surface area contributed by atoms with Gasteiger partial charge in [0.2, 0.25) is 0 Å². The summed E-state index contributed by atoms with van der Waals surface area (Å²) in [4.78, 5) is 17.5. The zero-order valence-corrected chi connectivity index (χ0v) is 24.6. The number of aromatic nitrogens is 2. The van der Waals surface area contributed by atoms with Gasteiger partial charge in [-0.05, 0) is 83.9 Å². The highest BCUT2D eigenvalue weighted by molar-refractivity contribution is 9.10. The molecule has 200 valence electrons. The molecule has 0 radical (unpaired) electrons. The van der Waals surface area contributed by atoms with E-state index in [0.29, 0.717) is 17.9 Å². The number of carbonyl (C=O) groups excluding carboxylic acids is 1. The number of methoxy groups -OCH3 is 1. The standard InChI is InChI=1S/C31H36BrN3O3/c1-30(2,3)20-31(4,5)34-29-28(33-26-16-14-23(32)19-35(26)29)22-13-15-24(25(18-22)37-6)38-27(36)17-12-21-10-8-7-9-11-21/h7-11,13-16,18-19,34H,12,17,20H2,1-6H3. The first-order chi connectivity index (χ1) is 17.9. The molecule has 0 aliphatic carbocycles. The van der Waals surface area contributed by atoms with Crippen LogP contribution >= 0.6 is 15.9 Å². The maximum Gasteiger partial charge on any atom is 0.311 e. The molecular formula is C31H36BrN3O3. The zero-order chi connectivity index (χ0) is 27.5. The number of imidazole rings is 1. The normalized spacial score (nSPS) is 12.0. The fourth-order valence-electron chi connectivity index (χ4n) is 4.99. The van der Waals surface area contributed by atoms with Crippen molar-refractivity contribution in [3.8, 4) is 22.8 Å². The highest BCUT2D eigenvalue weighted by Gasteiger charge is 2.28. The van der Waals surface area contributed by atoms with Crippen molar-refractivity contribution in [3.05, 3.63) is 76.9 Å². The van der Waals surface area contributed by atoms with Crippen molar-refractivity contribution in [2.75, 3.05) is 12.4 Å². The summed E-state index contributed by atoms with van der Waals surface area (Å²) in [5.41, 5.74) is 3.54. The molecule has 4 rings (SSSR count). The number of rotatable bonds is 9. The molecule has 0 saturated heterocycles. The molecule has 0 bridgehead atoms. The first kappa shape index (κ1) is 27.7. The van der Waals surface area contributed by atoms with E-state index in [9.17, 15) is 4.79 Å². The predicted molar refractivity (Wildman–Crippen MR) is 157 cm³/mol. The summed E-state index contributed by atoms with van der Waals surface area (Å²) >= 11 is 3.60. The lowest BCUT2D eigenvalue weighted by atomic mass is 9.82. The Morgan fingerprint density at radius 3 is 2.42 bits per heavy atom. The number of carbonyl (C=O) groups is 1. The summed E-state index contributed by atoms with van der Waals surface area (Å²) < 4.78 is 14.3. The molecule has 0 saturated carbocycles. The van der Waals surface area contributed by atoms with E-state index in [1.807, 2.05) is 60.8 Å². The van der Waals surface area contributed by atoms with Crippen LogP contribution in [0.3, 0.4) is 0 Å². The quantitative estimate of drug-likeness (QED) is 0.161. The summed E-state index contributed by atoms with van der Waals surface area (Å²) in [5, 5.41) is 3.76. The smallest absolute Gasteiger partial charge is 0.311 e. The molecule has 38 heavy (non-hydrogen) atoms. The molecule has 2 heterocycles. The first-order valence-electron chi connectivity index (χ1n) is 12.8. The Hall–Kier alpha value is -3.32. The summed E-state index contributed by atoms with van der Waals surface area (Å²) in [7, 11) is 1.58. The van der Waals surface area contributed by atoms with Crippen LogP contribution in [0.4, 0.5) is 5.82 Å². The van der Waals surface area contributed by atoms with Gasteiger partial charge in [0.25, 0.3) is 0 Å². The van der Waals surface area contributed by atoms with Crippen molar-refractivity contribution in [2.45, 2.75) is 59.4 Å². The summed E-state index contributed by atoms with van der Waals surface area (Å²) in [6.07, 6.45) is 3.88. The van der Waals surface area contributed by atoms with E-state index < -0.39 is 0 Å². The number of hydrogen-bond acceptors (Lipinski definition) is 5. The third-order valence-electron chi connectivity index (χ3n) is 6.13. The van der Waals surface area contributed by atoms with E-state index in [0.717, 1.165) is 39.2 Å². The van der Waals surface area contributed by atoms with E-state index in [4.69, 9.17) is 14.5 Å². The third-order valence-corrected chi connectivity index (χ3v) is 6.60. The number of halogens is 1. The van der Waals surface area contributed by atoms with Gasteiger partial charge in [0, 0.05) is 28.2 Å². The fraction of sp³-hybridized carbons (Fsp3) is 0.355. The number of fused-ring (bicyclic) bond motifs is 1. The lowest BCUT2D eigenvalue weighted by Crippen LogP contribution is -2.36.